The number of ether oxygens (including phenoxy) is 8. The average Bonchev–Trinajstić information content (AvgIpc) is 2.53. The van der Waals surface area contributed by atoms with E-state index in [4.69, 9.17) is 37.9 Å². The SMILES string of the molecule is CC1(C)CC[C@]2(C(=O)O[C@@H]3O[C@H](CO[C@@H]4O[C@H](CO)[C@@H](O)[C@H](O)[C@H]4O)[C@@H](O)[C@H](O)[C@H]3O[C@@H]3O[C@H](CO)[C@@H](O)[C@H](O)[C@H]3O)CC[C@]3(C)C(=CC[C@@H]4[C@@]5(C)C[C@H](O)[C@H](O[C@@H]6O[C@H](CO)[C@@H](O)[C@H](O)[C@H]6O)[C@@](C)(CO)[C@@H]5CC[C@]43C)[C@@H]2C1. The van der Waals surface area contributed by atoms with Crippen molar-refractivity contribution in [1.82, 2.24) is 0 Å². The Morgan fingerprint density at radius 2 is 1.06 bits per heavy atom. The largest absolute Gasteiger partial charge is 0.432 e. The molecule has 0 aromatic heterocycles. The van der Waals surface area contributed by atoms with Gasteiger partial charge >= 0.3 is 5.97 Å². The Kier molecular flexibility index (Phi) is 17.7. The first-order valence-corrected chi connectivity index (χ1v) is 28.1. The van der Waals surface area contributed by atoms with E-state index in [1.54, 1.807) is 0 Å². The summed E-state index contributed by atoms with van der Waals surface area (Å²) in [7, 11) is 0. The predicted octanol–water partition coefficient (Wildman–Crippen LogP) is -4.09. The number of aliphatic hydroxyl groups excluding tert-OH is 16. The van der Waals surface area contributed by atoms with Crippen molar-refractivity contribution < 1.29 is 124 Å². The summed E-state index contributed by atoms with van der Waals surface area (Å²) >= 11 is 0. The van der Waals surface area contributed by atoms with E-state index < -0.39 is 207 Å². The Morgan fingerprint density at radius 3 is 1.62 bits per heavy atom. The Bertz CT molecular complexity index is 2170. The zero-order valence-electron chi connectivity index (χ0n) is 45.7. The minimum absolute atomic E-state index is 0.0664. The van der Waals surface area contributed by atoms with E-state index in [-0.39, 0.29) is 23.7 Å². The molecule has 0 amide bonds. The summed E-state index contributed by atoms with van der Waals surface area (Å²) in [4.78, 5) is 15.6. The molecule has 4 saturated heterocycles. The molecule has 9 aliphatic rings. The second-order valence-corrected chi connectivity index (χ2v) is 26.3. The lowest BCUT2D eigenvalue weighted by atomic mass is 9.33. The molecule has 0 spiro atoms. The van der Waals surface area contributed by atoms with E-state index in [0.29, 0.717) is 51.4 Å². The predicted molar refractivity (Wildman–Crippen MR) is 266 cm³/mol. The lowest BCUT2D eigenvalue weighted by molar-refractivity contribution is -0.368. The number of rotatable bonds is 13. The summed E-state index contributed by atoms with van der Waals surface area (Å²) in [6.45, 7) is 9.44. The topological polar surface area (TPSA) is 415 Å². The molecule has 4 saturated carbocycles. The van der Waals surface area contributed by atoms with Crippen LogP contribution in [-0.4, -0.2) is 256 Å². The molecular formula is C54H88O25. The molecule has 0 aromatic carbocycles. The van der Waals surface area contributed by atoms with Gasteiger partial charge in [0, 0.05) is 5.41 Å². The summed E-state index contributed by atoms with van der Waals surface area (Å²) in [5.74, 6) is -1.43. The molecule has 8 fully saturated rings. The van der Waals surface area contributed by atoms with Gasteiger partial charge in [-0.3, -0.25) is 4.79 Å². The zero-order valence-corrected chi connectivity index (χ0v) is 45.7. The van der Waals surface area contributed by atoms with Crippen molar-refractivity contribution in [2.75, 3.05) is 33.0 Å². The van der Waals surface area contributed by atoms with Crippen LogP contribution in [0.5, 0.6) is 0 Å². The highest BCUT2D eigenvalue weighted by atomic mass is 16.8. The highest BCUT2D eigenvalue weighted by molar-refractivity contribution is 5.79. The fourth-order valence-electron chi connectivity index (χ4n) is 16.5. The highest BCUT2D eigenvalue weighted by Crippen LogP contribution is 2.76. The van der Waals surface area contributed by atoms with E-state index in [9.17, 15) is 81.7 Å². The van der Waals surface area contributed by atoms with Crippen molar-refractivity contribution in [3.63, 3.8) is 0 Å². The van der Waals surface area contributed by atoms with Crippen molar-refractivity contribution in [3.8, 4) is 0 Å². The quantitative estimate of drug-likeness (QED) is 0.0474. The summed E-state index contributed by atoms with van der Waals surface area (Å²) in [5.41, 5.74) is -3.05. The van der Waals surface area contributed by atoms with Crippen LogP contribution in [0.1, 0.15) is 99.3 Å². The summed E-state index contributed by atoms with van der Waals surface area (Å²) < 4.78 is 47.5. The molecule has 25 heteroatoms. The first kappa shape index (κ1) is 61.8. The number of hydrogen-bond acceptors (Lipinski definition) is 25. The van der Waals surface area contributed by atoms with Gasteiger partial charge in [-0.2, -0.15) is 0 Å². The van der Waals surface area contributed by atoms with Crippen LogP contribution >= 0.6 is 0 Å². The van der Waals surface area contributed by atoms with Crippen LogP contribution in [0, 0.1) is 50.2 Å². The van der Waals surface area contributed by atoms with Crippen LogP contribution in [0.15, 0.2) is 11.6 Å². The Morgan fingerprint density at radius 1 is 0.557 bits per heavy atom. The van der Waals surface area contributed by atoms with Gasteiger partial charge in [0.25, 0.3) is 0 Å². The molecule has 454 valence electrons. The molecule has 0 radical (unpaired) electrons. The monoisotopic (exact) mass is 1140 g/mol. The van der Waals surface area contributed by atoms with Crippen LogP contribution in [0.4, 0.5) is 0 Å². The third kappa shape index (κ3) is 10.1. The number of esters is 1. The fraction of sp³-hybridized carbons (Fsp3) is 0.944. The number of fused-ring (bicyclic) bond motifs is 7. The van der Waals surface area contributed by atoms with E-state index in [2.05, 4.69) is 40.7 Å². The maximum Gasteiger partial charge on any atom is 0.315 e. The molecular weight excluding hydrogens is 1050 g/mol. The van der Waals surface area contributed by atoms with Gasteiger partial charge < -0.3 is 120 Å². The molecule has 0 aromatic rings. The highest BCUT2D eigenvalue weighted by Gasteiger charge is 2.72. The van der Waals surface area contributed by atoms with Crippen LogP contribution in [0.25, 0.3) is 0 Å². The van der Waals surface area contributed by atoms with Gasteiger partial charge in [0.1, 0.15) is 91.6 Å². The normalized spacial score (nSPS) is 54.6. The van der Waals surface area contributed by atoms with Gasteiger partial charge in [-0.05, 0) is 97.2 Å². The Labute approximate surface area is 458 Å². The number of carbonyl (C=O) groups excluding carboxylic acids is 1. The van der Waals surface area contributed by atoms with Gasteiger partial charge in [0.2, 0.25) is 6.29 Å². The van der Waals surface area contributed by atoms with E-state index in [1.807, 2.05) is 6.92 Å². The standard InChI is InChI=1S/C54H88O25/c1-49(2)11-13-54(48(71)79-47-42(77-45-40(69)36(65)32(61)26(18-56)74-45)38(67)34(63)28(76-47)20-72-44-39(68)35(64)31(60)25(17-55)73-44)14-12-52(5)22(23(54)15-49)7-8-30-50(3)16-24(59)43(51(4,21-58)29(50)9-10-53(30,52)6)78-46-41(70)37(66)33(62)27(19-57)75-46/h7,23-47,55-70H,8-21H2,1-6H3/t23-,24-,25+,26+,27+,28+,29+,30+,31+,32+,33+,34+,35-,36-,37-,38-,39+,40+,41+,42+,43-,44+,45-,46-,47-,50-,51-,52+,53+,54-/m0/s1. The lowest BCUT2D eigenvalue weighted by Crippen LogP contribution is -2.69. The maximum atomic E-state index is 15.6. The minimum atomic E-state index is -2.02. The molecule has 30 atom stereocenters. The molecule has 4 heterocycles. The molecule has 9 rings (SSSR count). The summed E-state index contributed by atoms with van der Waals surface area (Å²) in [6.07, 6.45) is -30.1. The molecule has 16 N–H and O–H groups in total. The number of aliphatic hydroxyl groups is 16. The van der Waals surface area contributed by atoms with Crippen molar-refractivity contribution in [2.45, 2.75) is 234 Å². The van der Waals surface area contributed by atoms with Crippen molar-refractivity contribution in [2.24, 2.45) is 50.2 Å². The smallest absolute Gasteiger partial charge is 0.315 e. The van der Waals surface area contributed by atoms with E-state index >= 15 is 4.79 Å². The maximum absolute atomic E-state index is 15.6. The van der Waals surface area contributed by atoms with Gasteiger partial charge in [-0.25, -0.2) is 0 Å². The second kappa shape index (κ2) is 22.6. The van der Waals surface area contributed by atoms with Gasteiger partial charge in [0.05, 0.1) is 50.7 Å². The van der Waals surface area contributed by atoms with Crippen LogP contribution < -0.4 is 0 Å². The number of carbonyl (C=O) groups is 1. The van der Waals surface area contributed by atoms with Crippen molar-refractivity contribution in [1.29, 1.82) is 0 Å². The molecule has 25 nitrogen and oxygen atoms in total. The summed E-state index contributed by atoms with van der Waals surface area (Å²) in [5, 5.41) is 172. The first-order chi connectivity index (χ1) is 37.0. The Hall–Kier alpha value is -1.71. The lowest BCUT2D eigenvalue weighted by Gasteiger charge is -2.72. The summed E-state index contributed by atoms with van der Waals surface area (Å²) in [6, 6.07) is 0. The van der Waals surface area contributed by atoms with Crippen molar-refractivity contribution >= 4 is 5.97 Å². The molecule has 5 aliphatic carbocycles. The number of hydrogen-bond donors (Lipinski definition) is 16. The van der Waals surface area contributed by atoms with Gasteiger partial charge in [-0.1, -0.05) is 53.2 Å². The second-order valence-electron chi connectivity index (χ2n) is 26.3. The van der Waals surface area contributed by atoms with Crippen LogP contribution in [0.2, 0.25) is 0 Å². The van der Waals surface area contributed by atoms with Crippen LogP contribution in [-0.2, 0) is 42.7 Å². The Balaban J connectivity index is 1.01. The minimum Gasteiger partial charge on any atom is -0.432 e. The third-order valence-corrected chi connectivity index (χ3v) is 21.5. The van der Waals surface area contributed by atoms with Gasteiger partial charge in [0.15, 0.2) is 25.0 Å². The van der Waals surface area contributed by atoms with Crippen LogP contribution in [0.3, 0.4) is 0 Å². The molecule has 0 unspecified atom stereocenters. The average molecular weight is 1140 g/mol. The van der Waals surface area contributed by atoms with E-state index in [0.717, 1.165) is 5.57 Å². The van der Waals surface area contributed by atoms with Crippen molar-refractivity contribution in [3.05, 3.63) is 11.6 Å². The molecule has 79 heavy (non-hydrogen) atoms. The fourth-order valence-corrected chi connectivity index (χ4v) is 16.5. The molecule has 0 bridgehead atoms. The molecule has 4 aliphatic heterocycles. The zero-order chi connectivity index (χ0) is 57.9. The van der Waals surface area contributed by atoms with E-state index in [1.165, 1.54) is 0 Å². The first-order valence-electron chi connectivity index (χ1n) is 28.1. The van der Waals surface area contributed by atoms with Gasteiger partial charge in [-0.15, -0.1) is 0 Å². The third-order valence-electron chi connectivity index (χ3n) is 21.5. The number of allylic oxidation sites excluding steroid dienone is 2.